The minimum absolute atomic E-state index is 0.00773. The summed E-state index contributed by atoms with van der Waals surface area (Å²) in [5.41, 5.74) is -0.148. The number of aromatic amines is 1. The van der Waals surface area contributed by atoms with Crippen molar-refractivity contribution >= 4 is 68.9 Å². The van der Waals surface area contributed by atoms with Crippen molar-refractivity contribution in [2.45, 2.75) is 0 Å². The second-order valence-electron chi connectivity index (χ2n) is 6.51. The van der Waals surface area contributed by atoms with Gasteiger partial charge < -0.3 is 4.98 Å². The molecule has 8 amide bonds. The van der Waals surface area contributed by atoms with Crippen LogP contribution in [0.4, 0.5) is 9.59 Å². The highest BCUT2D eigenvalue weighted by atomic mass is 16.2. The van der Waals surface area contributed by atoms with E-state index in [1.165, 1.54) is 0 Å². The molecule has 2 aliphatic heterocycles. The molecule has 152 valence electrons. The van der Waals surface area contributed by atoms with E-state index < -0.39 is 46.8 Å². The molecule has 0 atom stereocenters. The Morgan fingerprint density at radius 2 is 0.903 bits per heavy atom. The molecular weight excluding hydrogens is 410 g/mol. The van der Waals surface area contributed by atoms with Gasteiger partial charge >= 0.3 is 12.1 Å². The lowest BCUT2D eigenvalue weighted by molar-refractivity contribution is -0.122. The number of aromatic nitrogens is 3. The lowest BCUT2D eigenvalue weighted by Crippen LogP contribution is -2.53. The second kappa shape index (κ2) is 6.28. The van der Waals surface area contributed by atoms with Crippen LogP contribution in [0.5, 0.6) is 0 Å². The van der Waals surface area contributed by atoms with Gasteiger partial charge in [-0.1, -0.05) is 12.1 Å². The van der Waals surface area contributed by atoms with E-state index in [9.17, 15) is 28.8 Å². The van der Waals surface area contributed by atoms with Crippen molar-refractivity contribution in [2.24, 2.45) is 0 Å². The molecule has 2 aliphatic rings. The van der Waals surface area contributed by atoms with Gasteiger partial charge in [-0.2, -0.15) is 0 Å². The molecule has 0 aliphatic carbocycles. The average molecular weight is 419 g/mol. The third kappa shape index (κ3) is 2.71. The van der Waals surface area contributed by atoms with Crippen LogP contribution in [0, 0.1) is 0 Å². The summed E-state index contributed by atoms with van der Waals surface area (Å²) in [6.45, 7) is 0. The maximum absolute atomic E-state index is 12.4. The number of carbonyl (C=O) groups is 6. The Hall–Kier alpha value is -4.94. The third-order valence-electron chi connectivity index (χ3n) is 4.61. The van der Waals surface area contributed by atoms with Crippen LogP contribution in [0.1, 0.15) is 0 Å². The van der Waals surface area contributed by atoms with Gasteiger partial charge in [0.2, 0.25) is 0 Å². The summed E-state index contributed by atoms with van der Waals surface area (Å²) < 4.78 is 0. The number of benzene rings is 1. The minimum atomic E-state index is -1.00. The van der Waals surface area contributed by atoms with Gasteiger partial charge in [0.1, 0.15) is 22.2 Å². The van der Waals surface area contributed by atoms with Crippen molar-refractivity contribution in [3.8, 4) is 0 Å². The first-order valence-corrected chi connectivity index (χ1v) is 8.70. The lowest BCUT2D eigenvalue weighted by atomic mass is 10.1. The molecule has 2 aromatic heterocycles. The number of amides is 8. The van der Waals surface area contributed by atoms with Crippen LogP contribution in [0.25, 0.3) is 33.2 Å². The first-order chi connectivity index (χ1) is 14.8. The molecule has 13 heteroatoms. The normalized spacial score (nSPS) is 17.0. The number of nitrogens with one attached hydrogen (secondary N) is 5. The molecular formula is C18H9N7O6. The Labute approximate surface area is 169 Å². The van der Waals surface area contributed by atoms with E-state index in [1.54, 1.807) is 24.3 Å². The molecule has 5 rings (SSSR count). The summed E-state index contributed by atoms with van der Waals surface area (Å²) in [6, 6.07) is 4.68. The number of nitrogens with zero attached hydrogens (tertiary/aromatic N) is 2. The summed E-state index contributed by atoms with van der Waals surface area (Å²) >= 11 is 0. The topological polar surface area (TPSA) is 192 Å². The maximum atomic E-state index is 12.4. The number of hydrogen-bond donors (Lipinski definition) is 5. The lowest BCUT2D eigenvalue weighted by Gasteiger charge is -2.13. The zero-order valence-electron chi connectivity index (χ0n) is 15.2. The van der Waals surface area contributed by atoms with E-state index >= 15 is 0 Å². The van der Waals surface area contributed by atoms with Gasteiger partial charge in [-0.15, -0.1) is 0 Å². The summed E-state index contributed by atoms with van der Waals surface area (Å²) in [5, 5.41) is 7.48. The van der Waals surface area contributed by atoms with Crippen molar-refractivity contribution < 1.29 is 28.8 Å². The van der Waals surface area contributed by atoms with Crippen molar-refractivity contribution in [1.82, 2.24) is 36.2 Å². The predicted molar refractivity (Wildman–Crippen MR) is 101 cm³/mol. The minimum Gasteiger partial charge on any atom is -0.350 e. The van der Waals surface area contributed by atoms with Crippen LogP contribution in [0.15, 0.2) is 24.3 Å². The largest absolute Gasteiger partial charge is 0.350 e. The Balaban J connectivity index is 1.99. The van der Waals surface area contributed by atoms with Crippen LogP contribution in [-0.4, -0.2) is 50.6 Å². The van der Waals surface area contributed by atoms with Gasteiger partial charge in [-0.3, -0.25) is 40.4 Å². The molecule has 2 fully saturated rings. The van der Waals surface area contributed by atoms with Crippen LogP contribution >= 0.6 is 0 Å². The maximum Gasteiger partial charge on any atom is 0.328 e. The molecule has 0 unspecified atom stereocenters. The average Bonchev–Trinajstić information content (AvgIpc) is 3.03. The van der Waals surface area contributed by atoms with Crippen LogP contribution in [-0.2, 0) is 19.2 Å². The van der Waals surface area contributed by atoms with Gasteiger partial charge in [0.05, 0.1) is 21.7 Å². The van der Waals surface area contributed by atoms with Crippen LogP contribution in [0.3, 0.4) is 0 Å². The van der Waals surface area contributed by atoms with Gasteiger partial charge in [-0.25, -0.2) is 19.6 Å². The highest BCUT2D eigenvalue weighted by Crippen LogP contribution is 2.13. The molecule has 5 N–H and O–H groups in total. The summed E-state index contributed by atoms with van der Waals surface area (Å²) in [5.74, 6) is -4.01. The number of rotatable bonds is 0. The van der Waals surface area contributed by atoms with E-state index in [2.05, 4.69) is 15.0 Å². The van der Waals surface area contributed by atoms with Gasteiger partial charge in [-0.05, 0) is 12.1 Å². The first kappa shape index (κ1) is 18.1. The molecule has 31 heavy (non-hydrogen) atoms. The number of fused-ring (bicyclic) bond motifs is 2. The highest BCUT2D eigenvalue weighted by molar-refractivity contribution is 6.47. The van der Waals surface area contributed by atoms with Crippen molar-refractivity contribution in [1.29, 1.82) is 0 Å². The zero-order valence-corrected chi connectivity index (χ0v) is 15.2. The van der Waals surface area contributed by atoms with E-state index in [4.69, 9.17) is 0 Å². The quantitative estimate of drug-likeness (QED) is 0.257. The van der Waals surface area contributed by atoms with Crippen molar-refractivity contribution in [2.75, 3.05) is 0 Å². The molecule has 1 aromatic carbocycles. The first-order valence-electron chi connectivity index (χ1n) is 8.70. The molecule has 2 saturated heterocycles. The van der Waals surface area contributed by atoms with Crippen LogP contribution in [0.2, 0.25) is 0 Å². The van der Waals surface area contributed by atoms with Gasteiger partial charge in [0.25, 0.3) is 23.6 Å². The predicted octanol–water partition coefficient (Wildman–Crippen LogP) is -2.86. The van der Waals surface area contributed by atoms with Crippen LogP contribution < -0.4 is 32.0 Å². The van der Waals surface area contributed by atoms with E-state index in [1.807, 2.05) is 21.3 Å². The molecule has 0 spiro atoms. The van der Waals surface area contributed by atoms with Crippen molar-refractivity contribution in [3.63, 3.8) is 0 Å². The molecule has 3 aromatic rings. The Morgan fingerprint density at radius 1 is 0.548 bits per heavy atom. The fourth-order valence-corrected chi connectivity index (χ4v) is 3.34. The SMILES string of the molecule is O=C1NC(=O)C(=c2[nH]c(=C3C(=O)NC(=O)NC3=O)c3nc4ccccc4nc23)C(=O)N1. The number of imide groups is 4. The van der Waals surface area contributed by atoms with E-state index in [-0.39, 0.29) is 21.7 Å². The molecule has 0 radical (unpaired) electrons. The monoisotopic (exact) mass is 419 g/mol. The Morgan fingerprint density at radius 3 is 1.26 bits per heavy atom. The number of hydrogen-bond acceptors (Lipinski definition) is 8. The van der Waals surface area contributed by atoms with Crippen molar-refractivity contribution in [3.05, 3.63) is 35.0 Å². The summed E-state index contributed by atoms with van der Waals surface area (Å²) in [7, 11) is 0. The molecule has 4 heterocycles. The number of H-pyrrole nitrogens is 1. The third-order valence-corrected chi connectivity index (χ3v) is 4.61. The fourth-order valence-electron chi connectivity index (χ4n) is 3.34. The molecule has 0 saturated carbocycles. The number of barbiturate groups is 2. The smallest absolute Gasteiger partial charge is 0.328 e. The fraction of sp³-hybridized carbons (Fsp3) is 0. The second-order valence-corrected chi connectivity index (χ2v) is 6.51. The molecule has 13 nitrogen and oxygen atoms in total. The van der Waals surface area contributed by atoms with Gasteiger partial charge in [0.15, 0.2) is 0 Å². The standard InChI is InChI=1S/C18H9N7O6/c26-13-7(14(27)23-17(30)22-13)9-11-12(20-6-4-2-1-3-5(6)19-11)10(21-9)8-15(28)24-18(31)25-16(8)29/h1-4,21H,(H2,22,23,26,27,30)(H2,24,25,28,29,31). The Bertz CT molecular complexity index is 1390. The summed E-state index contributed by atoms with van der Waals surface area (Å²) in [6.07, 6.45) is 0. The summed E-state index contributed by atoms with van der Waals surface area (Å²) in [4.78, 5) is 83.8. The highest BCUT2D eigenvalue weighted by Gasteiger charge is 2.33. The number of para-hydroxylation sites is 2. The van der Waals surface area contributed by atoms with Gasteiger partial charge in [0, 0.05) is 0 Å². The number of carbonyl (C=O) groups excluding carboxylic acids is 6. The van der Waals surface area contributed by atoms with E-state index in [0.29, 0.717) is 11.0 Å². The Kier molecular flexibility index (Phi) is 3.67. The zero-order chi connectivity index (χ0) is 21.9. The van der Waals surface area contributed by atoms with E-state index in [0.717, 1.165) is 0 Å². The number of urea groups is 2. The molecule has 0 bridgehead atoms.